The molecule has 0 fully saturated rings. The van der Waals surface area contributed by atoms with E-state index in [0.717, 1.165) is 5.56 Å². The van der Waals surface area contributed by atoms with E-state index in [1.54, 1.807) is 68.6 Å². The molecule has 0 saturated carbocycles. The normalized spacial score (nSPS) is 10.8. The number of fused-ring (bicyclic) bond motifs is 1. The summed E-state index contributed by atoms with van der Waals surface area (Å²) < 4.78 is 22.5. The summed E-state index contributed by atoms with van der Waals surface area (Å²) in [6.07, 6.45) is 0. The first-order valence-corrected chi connectivity index (χ1v) is 9.72. The van der Waals surface area contributed by atoms with Crippen LogP contribution in [0.3, 0.4) is 0 Å². The minimum absolute atomic E-state index is 0.118. The van der Waals surface area contributed by atoms with E-state index in [0.29, 0.717) is 34.0 Å². The summed E-state index contributed by atoms with van der Waals surface area (Å²) in [5, 5.41) is 19.9. The van der Waals surface area contributed by atoms with Gasteiger partial charge in [0.1, 0.15) is 35.2 Å². The maximum absolute atomic E-state index is 13.0. The van der Waals surface area contributed by atoms with Crippen LogP contribution < -0.4 is 24.9 Å². The van der Waals surface area contributed by atoms with Gasteiger partial charge in [0.2, 0.25) is 11.2 Å². The van der Waals surface area contributed by atoms with Crippen molar-refractivity contribution in [2.45, 2.75) is 13.5 Å². The molecule has 4 rings (SSSR count). The molecular formula is C24H20NO7-. The van der Waals surface area contributed by atoms with Crippen molar-refractivity contribution in [1.82, 2.24) is 0 Å². The second-order valence-electron chi connectivity index (χ2n) is 6.98. The third-order valence-electron chi connectivity index (χ3n) is 4.83. The SMILES string of the molecule is COc1ccc(Oc2c(C)oc3cc(OCc4ccc(N([O-])O)cc4)ccc3c2=O)cc1. The predicted octanol–water partition coefficient (Wildman–Crippen LogP) is 5.17. The van der Waals surface area contributed by atoms with Gasteiger partial charge < -0.3 is 29.1 Å². The van der Waals surface area contributed by atoms with Gasteiger partial charge in [-0.1, -0.05) is 12.1 Å². The summed E-state index contributed by atoms with van der Waals surface area (Å²) >= 11 is 0. The molecule has 0 aliphatic carbocycles. The van der Waals surface area contributed by atoms with Gasteiger partial charge in [0, 0.05) is 6.07 Å². The summed E-state index contributed by atoms with van der Waals surface area (Å²) in [6.45, 7) is 1.90. The Balaban J connectivity index is 1.54. The van der Waals surface area contributed by atoms with E-state index in [2.05, 4.69) is 0 Å². The van der Waals surface area contributed by atoms with Gasteiger partial charge in [-0.3, -0.25) is 10.0 Å². The number of hydrogen-bond acceptors (Lipinski definition) is 8. The van der Waals surface area contributed by atoms with Crippen molar-refractivity contribution in [2.24, 2.45) is 0 Å². The predicted molar refractivity (Wildman–Crippen MR) is 119 cm³/mol. The van der Waals surface area contributed by atoms with Crippen molar-refractivity contribution >= 4 is 16.7 Å². The summed E-state index contributed by atoms with van der Waals surface area (Å²) in [7, 11) is 1.57. The maximum Gasteiger partial charge on any atom is 0.235 e. The van der Waals surface area contributed by atoms with Crippen LogP contribution in [0.2, 0.25) is 0 Å². The molecule has 0 bridgehead atoms. The molecular weight excluding hydrogens is 414 g/mol. The Morgan fingerprint density at radius 2 is 1.62 bits per heavy atom. The number of methoxy groups -OCH3 is 1. The minimum Gasteiger partial charge on any atom is -0.733 e. The number of anilines is 1. The fraction of sp³-hybridized carbons (Fsp3) is 0.125. The van der Waals surface area contributed by atoms with Gasteiger partial charge in [-0.25, -0.2) is 0 Å². The second-order valence-corrected chi connectivity index (χ2v) is 6.98. The lowest BCUT2D eigenvalue weighted by Crippen LogP contribution is -2.08. The largest absolute Gasteiger partial charge is 0.733 e. The summed E-state index contributed by atoms with van der Waals surface area (Å²) in [6, 6.07) is 18.2. The Morgan fingerprint density at radius 3 is 2.28 bits per heavy atom. The van der Waals surface area contributed by atoms with E-state index < -0.39 is 0 Å². The van der Waals surface area contributed by atoms with Crippen LogP contribution in [0.25, 0.3) is 11.0 Å². The Kier molecular flexibility index (Phi) is 5.98. The van der Waals surface area contributed by atoms with Gasteiger partial charge >= 0.3 is 0 Å². The van der Waals surface area contributed by atoms with E-state index >= 15 is 0 Å². The lowest BCUT2D eigenvalue weighted by Gasteiger charge is -2.21. The smallest absolute Gasteiger partial charge is 0.235 e. The Hall–Kier alpha value is -4.01. The molecule has 4 aromatic rings. The van der Waals surface area contributed by atoms with E-state index in [4.69, 9.17) is 23.8 Å². The van der Waals surface area contributed by atoms with Crippen LogP contribution in [0.4, 0.5) is 5.69 Å². The van der Waals surface area contributed by atoms with Crippen molar-refractivity contribution in [2.75, 3.05) is 12.3 Å². The first kappa shape index (κ1) is 21.2. The monoisotopic (exact) mass is 434 g/mol. The van der Waals surface area contributed by atoms with Crippen LogP contribution >= 0.6 is 0 Å². The van der Waals surface area contributed by atoms with E-state index in [-0.39, 0.29) is 28.7 Å². The number of benzene rings is 3. The van der Waals surface area contributed by atoms with E-state index in [1.807, 2.05) is 0 Å². The van der Waals surface area contributed by atoms with Crippen LogP contribution in [0.15, 0.2) is 75.9 Å². The van der Waals surface area contributed by atoms with E-state index in [9.17, 15) is 10.0 Å². The first-order chi connectivity index (χ1) is 15.4. The average Bonchev–Trinajstić information content (AvgIpc) is 2.81. The topological polar surface area (TPSA) is 104 Å². The molecule has 3 aromatic carbocycles. The summed E-state index contributed by atoms with van der Waals surface area (Å²) in [5.74, 6) is 2.15. The van der Waals surface area contributed by atoms with Crippen LogP contribution in [0.5, 0.6) is 23.0 Å². The Bertz CT molecular complexity index is 1280. The van der Waals surface area contributed by atoms with Gasteiger partial charge in [-0.2, -0.15) is 0 Å². The molecule has 0 amide bonds. The highest BCUT2D eigenvalue weighted by Gasteiger charge is 2.15. The molecule has 0 aliphatic heterocycles. The zero-order chi connectivity index (χ0) is 22.7. The summed E-state index contributed by atoms with van der Waals surface area (Å²) in [4.78, 5) is 13.0. The Morgan fingerprint density at radius 1 is 0.969 bits per heavy atom. The highest BCUT2D eigenvalue weighted by Crippen LogP contribution is 2.28. The number of rotatable bonds is 7. The van der Waals surface area contributed by atoms with Crippen LogP contribution in [-0.4, -0.2) is 12.3 Å². The molecule has 0 aliphatic rings. The molecule has 8 heteroatoms. The van der Waals surface area contributed by atoms with Crippen molar-refractivity contribution in [1.29, 1.82) is 0 Å². The molecule has 0 atom stereocenters. The standard InChI is InChI=1S/C24H20NO7/c1-15-24(32-19-9-7-18(29-2)8-10-19)23(26)21-12-11-20(13-22(21)31-15)30-14-16-3-5-17(6-4-16)25(27)28/h3-13,27H,14H2,1-2H3/q-1. The highest BCUT2D eigenvalue weighted by molar-refractivity contribution is 5.79. The zero-order valence-electron chi connectivity index (χ0n) is 17.4. The minimum atomic E-state index is -0.284. The molecule has 0 radical (unpaired) electrons. The third kappa shape index (κ3) is 4.51. The summed E-state index contributed by atoms with van der Waals surface area (Å²) in [5.41, 5.74) is 1.03. The molecule has 0 spiro atoms. The van der Waals surface area contributed by atoms with Crippen LogP contribution in [0.1, 0.15) is 11.3 Å². The van der Waals surface area contributed by atoms with Crippen molar-refractivity contribution < 1.29 is 23.8 Å². The van der Waals surface area contributed by atoms with Gasteiger partial charge in [-0.15, -0.1) is 0 Å². The second kappa shape index (κ2) is 9.01. The number of aryl methyl sites for hydroxylation is 1. The van der Waals surface area contributed by atoms with Gasteiger partial charge in [0.05, 0.1) is 18.2 Å². The van der Waals surface area contributed by atoms with Gasteiger partial charge in [0.25, 0.3) is 0 Å². The van der Waals surface area contributed by atoms with Crippen molar-refractivity contribution in [3.63, 3.8) is 0 Å². The maximum atomic E-state index is 13.0. The Labute approximate surface area is 183 Å². The lowest BCUT2D eigenvalue weighted by molar-refractivity contribution is 0.295. The average molecular weight is 434 g/mol. The lowest BCUT2D eigenvalue weighted by atomic mass is 10.2. The molecule has 0 unspecified atom stereocenters. The molecule has 8 nitrogen and oxygen atoms in total. The fourth-order valence-corrected chi connectivity index (χ4v) is 3.12. The highest BCUT2D eigenvalue weighted by atomic mass is 16.8. The molecule has 32 heavy (non-hydrogen) atoms. The fourth-order valence-electron chi connectivity index (χ4n) is 3.12. The number of hydrogen-bond donors (Lipinski definition) is 1. The molecule has 164 valence electrons. The molecule has 1 N–H and O–H groups in total. The molecule has 0 saturated heterocycles. The molecule has 1 aromatic heterocycles. The van der Waals surface area contributed by atoms with Gasteiger partial charge in [0.15, 0.2) is 0 Å². The molecule has 1 heterocycles. The van der Waals surface area contributed by atoms with E-state index in [1.165, 1.54) is 12.1 Å². The van der Waals surface area contributed by atoms with Crippen LogP contribution in [-0.2, 0) is 6.61 Å². The number of nitrogens with zero attached hydrogens (tertiary/aromatic N) is 1. The first-order valence-electron chi connectivity index (χ1n) is 9.72. The quantitative estimate of drug-likeness (QED) is 0.397. The van der Waals surface area contributed by atoms with Gasteiger partial charge in [-0.05, 0) is 61.0 Å². The van der Waals surface area contributed by atoms with Crippen molar-refractivity contribution in [3.8, 4) is 23.0 Å². The zero-order valence-corrected chi connectivity index (χ0v) is 17.4. The van der Waals surface area contributed by atoms with Crippen LogP contribution in [0, 0.1) is 12.1 Å². The third-order valence-corrected chi connectivity index (χ3v) is 4.83. The van der Waals surface area contributed by atoms with Crippen molar-refractivity contribution in [3.05, 3.63) is 93.5 Å². The number of ether oxygens (including phenoxy) is 3.